The number of anilines is 1. The first kappa shape index (κ1) is 21.2. The van der Waals surface area contributed by atoms with E-state index in [2.05, 4.69) is 36.6 Å². The van der Waals surface area contributed by atoms with Crippen LogP contribution in [0.4, 0.5) is 5.82 Å². The number of fused-ring (bicyclic) bond motifs is 2. The molecule has 2 aliphatic rings. The molecule has 5 atom stereocenters. The fraction of sp³-hybridized carbons (Fsp3) is 0.450. The van der Waals surface area contributed by atoms with Crippen LogP contribution in [-0.4, -0.2) is 57.0 Å². The van der Waals surface area contributed by atoms with E-state index in [4.69, 9.17) is 5.14 Å². The minimum Gasteiger partial charge on any atom is -0.390 e. The largest absolute Gasteiger partial charge is 0.390 e. The van der Waals surface area contributed by atoms with Crippen molar-refractivity contribution in [3.8, 4) is 0 Å². The normalized spacial score (nSPS) is 27.7. The van der Waals surface area contributed by atoms with Crippen molar-refractivity contribution in [3.05, 3.63) is 48.0 Å². The van der Waals surface area contributed by atoms with Gasteiger partial charge in [-0.05, 0) is 30.4 Å². The highest BCUT2D eigenvalue weighted by Gasteiger charge is 2.43. The van der Waals surface area contributed by atoms with Crippen LogP contribution in [0.25, 0.3) is 11.2 Å². The topological polar surface area (TPSA) is 165 Å². The summed E-state index contributed by atoms with van der Waals surface area (Å²) in [7, 11) is -4.14. The first-order valence-electron chi connectivity index (χ1n) is 10.4. The van der Waals surface area contributed by atoms with E-state index in [1.54, 1.807) is 10.9 Å². The van der Waals surface area contributed by atoms with Crippen molar-refractivity contribution in [3.63, 3.8) is 0 Å². The van der Waals surface area contributed by atoms with Gasteiger partial charge in [-0.2, -0.15) is 8.42 Å². The van der Waals surface area contributed by atoms with Crippen molar-refractivity contribution in [2.75, 3.05) is 11.9 Å². The zero-order valence-electron chi connectivity index (χ0n) is 17.1. The van der Waals surface area contributed by atoms with Gasteiger partial charge in [0.1, 0.15) is 17.9 Å². The van der Waals surface area contributed by atoms with Crippen LogP contribution in [-0.2, 0) is 20.9 Å². The number of aliphatic hydroxyl groups is 2. The molecule has 1 fully saturated rings. The Balaban J connectivity index is 1.40. The Labute approximate surface area is 184 Å². The highest BCUT2D eigenvalue weighted by Crippen LogP contribution is 2.38. The van der Waals surface area contributed by atoms with Crippen molar-refractivity contribution in [1.29, 1.82) is 0 Å². The van der Waals surface area contributed by atoms with Gasteiger partial charge in [0.25, 0.3) is 0 Å². The van der Waals surface area contributed by atoms with E-state index in [0.29, 0.717) is 17.0 Å². The SMILES string of the molecule is NS(=O)(=O)OC[C@H]1C[C@@H](n2cnc3c(NC4CCc5ccccc54)ncnc32)[C@H](O)[C@@H]1O. The summed E-state index contributed by atoms with van der Waals surface area (Å²) in [5.74, 6) is -0.0159. The fourth-order valence-corrected chi connectivity index (χ4v) is 5.16. The fourth-order valence-electron chi connectivity index (χ4n) is 4.79. The summed E-state index contributed by atoms with van der Waals surface area (Å²) in [5, 5.41) is 29.3. The molecule has 170 valence electrons. The monoisotopic (exact) mass is 460 g/mol. The van der Waals surface area contributed by atoms with Crippen molar-refractivity contribution >= 4 is 27.3 Å². The van der Waals surface area contributed by atoms with Crippen LogP contribution < -0.4 is 10.5 Å². The minimum absolute atomic E-state index is 0.119. The van der Waals surface area contributed by atoms with E-state index in [1.165, 1.54) is 17.5 Å². The van der Waals surface area contributed by atoms with E-state index in [-0.39, 0.29) is 19.1 Å². The van der Waals surface area contributed by atoms with Crippen molar-refractivity contribution < 1.29 is 22.8 Å². The molecule has 3 aromatic rings. The Morgan fingerprint density at radius 1 is 1.19 bits per heavy atom. The molecule has 1 aromatic carbocycles. The molecule has 1 unspecified atom stereocenters. The number of nitrogens with two attached hydrogens (primary N) is 1. The second-order valence-corrected chi connectivity index (χ2v) is 9.52. The van der Waals surface area contributed by atoms with Gasteiger partial charge in [0.2, 0.25) is 0 Å². The molecule has 0 spiro atoms. The predicted molar refractivity (Wildman–Crippen MR) is 115 cm³/mol. The van der Waals surface area contributed by atoms with E-state index < -0.39 is 34.5 Å². The molecule has 0 bridgehead atoms. The molecule has 0 saturated heterocycles. The number of imidazole rings is 1. The van der Waals surface area contributed by atoms with Gasteiger partial charge in [-0.25, -0.2) is 20.1 Å². The average Bonchev–Trinajstić information content (AvgIpc) is 3.44. The van der Waals surface area contributed by atoms with Gasteiger partial charge < -0.3 is 20.1 Å². The smallest absolute Gasteiger partial charge is 0.333 e. The molecule has 2 aromatic heterocycles. The number of hydrogen-bond acceptors (Lipinski definition) is 9. The molecule has 11 nitrogen and oxygen atoms in total. The Morgan fingerprint density at radius 3 is 2.81 bits per heavy atom. The Kier molecular flexibility index (Phi) is 5.34. The number of aryl methyl sites for hydroxylation is 1. The summed E-state index contributed by atoms with van der Waals surface area (Å²) in [5.41, 5.74) is 3.63. The van der Waals surface area contributed by atoms with Crippen LogP contribution in [0.1, 0.15) is 36.1 Å². The van der Waals surface area contributed by atoms with Crippen LogP contribution in [0.5, 0.6) is 0 Å². The van der Waals surface area contributed by atoms with E-state index in [9.17, 15) is 18.6 Å². The van der Waals surface area contributed by atoms with Crippen LogP contribution >= 0.6 is 0 Å². The van der Waals surface area contributed by atoms with Gasteiger partial charge in [0.05, 0.1) is 31.1 Å². The molecular formula is C20H24N6O5S. The minimum atomic E-state index is -4.14. The highest BCUT2D eigenvalue weighted by atomic mass is 32.2. The lowest BCUT2D eigenvalue weighted by atomic mass is 10.1. The second-order valence-electron chi connectivity index (χ2n) is 8.30. The Bertz CT molecular complexity index is 1250. The molecule has 2 heterocycles. The van der Waals surface area contributed by atoms with Crippen molar-refractivity contribution in [1.82, 2.24) is 19.5 Å². The summed E-state index contributed by atoms with van der Waals surface area (Å²) in [6, 6.07) is 7.86. The molecule has 12 heteroatoms. The Hall–Kier alpha value is -2.64. The molecule has 0 aliphatic heterocycles. The lowest BCUT2D eigenvalue weighted by Crippen LogP contribution is -2.31. The number of aliphatic hydroxyl groups excluding tert-OH is 2. The first-order valence-corrected chi connectivity index (χ1v) is 11.8. The summed E-state index contributed by atoms with van der Waals surface area (Å²) < 4.78 is 28.5. The molecule has 5 N–H and O–H groups in total. The summed E-state index contributed by atoms with van der Waals surface area (Å²) in [6.07, 6.45) is 2.88. The van der Waals surface area contributed by atoms with Crippen molar-refractivity contribution in [2.24, 2.45) is 11.1 Å². The number of aromatic nitrogens is 4. The third-order valence-corrected chi connectivity index (χ3v) is 6.84. The molecule has 1 saturated carbocycles. The number of rotatable bonds is 6. The van der Waals surface area contributed by atoms with Gasteiger partial charge in [0, 0.05) is 5.92 Å². The van der Waals surface area contributed by atoms with Gasteiger partial charge in [-0.3, -0.25) is 4.18 Å². The van der Waals surface area contributed by atoms with Crippen LogP contribution in [0.2, 0.25) is 0 Å². The molecular weight excluding hydrogens is 436 g/mol. The molecule has 2 aliphatic carbocycles. The van der Waals surface area contributed by atoms with Crippen LogP contribution in [0.15, 0.2) is 36.9 Å². The standard InChI is InChI=1S/C20H24N6O5S/c21-32(29,30)31-8-12-7-15(18(28)17(12)27)26-10-24-16-19(22-9-23-20(16)26)25-14-6-5-11-3-1-2-4-13(11)14/h1-4,9-10,12,14-15,17-18,27-28H,5-8H2,(H2,21,29,30)(H,22,23,25)/t12-,14?,15-,17-,18+/m1/s1. The molecule has 0 amide bonds. The summed E-state index contributed by atoms with van der Waals surface area (Å²) in [4.78, 5) is 13.2. The average molecular weight is 461 g/mol. The lowest BCUT2D eigenvalue weighted by molar-refractivity contribution is -0.000990. The third kappa shape index (κ3) is 3.84. The maximum absolute atomic E-state index is 11.1. The lowest BCUT2D eigenvalue weighted by Gasteiger charge is -2.18. The Morgan fingerprint density at radius 2 is 2.00 bits per heavy atom. The molecule has 0 radical (unpaired) electrons. The number of hydrogen-bond donors (Lipinski definition) is 4. The number of benzene rings is 1. The highest BCUT2D eigenvalue weighted by molar-refractivity contribution is 7.84. The third-order valence-electron chi connectivity index (χ3n) is 6.38. The zero-order valence-corrected chi connectivity index (χ0v) is 17.9. The summed E-state index contributed by atoms with van der Waals surface area (Å²) >= 11 is 0. The van der Waals surface area contributed by atoms with E-state index in [0.717, 1.165) is 12.8 Å². The van der Waals surface area contributed by atoms with Gasteiger partial charge >= 0.3 is 10.3 Å². The summed E-state index contributed by atoms with van der Waals surface area (Å²) in [6.45, 7) is -0.316. The molecule has 5 rings (SSSR count). The van der Waals surface area contributed by atoms with Crippen LogP contribution in [0, 0.1) is 5.92 Å². The second kappa shape index (κ2) is 8.05. The first-order chi connectivity index (χ1) is 15.3. The quantitative estimate of drug-likeness (QED) is 0.408. The maximum atomic E-state index is 11.1. The van der Waals surface area contributed by atoms with Gasteiger partial charge in [-0.15, -0.1) is 0 Å². The number of nitrogens with one attached hydrogen (secondary N) is 1. The zero-order chi connectivity index (χ0) is 22.5. The maximum Gasteiger partial charge on any atom is 0.333 e. The van der Waals surface area contributed by atoms with E-state index in [1.807, 2.05) is 12.1 Å². The van der Waals surface area contributed by atoms with E-state index >= 15 is 0 Å². The van der Waals surface area contributed by atoms with Crippen molar-refractivity contribution in [2.45, 2.75) is 43.6 Å². The van der Waals surface area contributed by atoms with Crippen LogP contribution in [0.3, 0.4) is 0 Å². The van der Waals surface area contributed by atoms with Gasteiger partial charge in [0.15, 0.2) is 11.5 Å². The number of nitrogens with zero attached hydrogens (tertiary/aromatic N) is 4. The van der Waals surface area contributed by atoms with Gasteiger partial charge in [-0.1, -0.05) is 24.3 Å². The molecule has 32 heavy (non-hydrogen) atoms. The predicted octanol–water partition coefficient (Wildman–Crippen LogP) is 0.429.